The van der Waals surface area contributed by atoms with Crippen molar-refractivity contribution < 1.29 is 23.8 Å². The van der Waals surface area contributed by atoms with E-state index >= 15 is 0 Å². The number of halogens is 1. The molecule has 0 fully saturated rings. The summed E-state index contributed by atoms with van der Waals surface area (Å²) < 4.78 is 19.6. The first kappa shape index (κ1) is 29.5. The Morgan fingerprint density at radius 1 is 0.976 bits per heavy atom. The van der Waals surface area contributed by atoms with Crippen LogP contribution in [0.15, 0.2) is 93.9 Å². The van der Waals surface area contributed by atoms with Crippen molar-refractivity contribution in [1.29, 1.82) is 0 Å². The minimum atomic E-state index is -0.676. The maximum absolute atomic E-state index is 13.9. The van der Waals surface area contributed by atoms with Gasteiger partial charge < -0.3 is 14.2 Å². The summed E-state index contributed by atoms with van der Waals surface area (Å²) in [5.41, 5.74) is 2.47. The van der Waals surface area contributed by atoms with Crippen molar-refractivity contribution in [3.63, 3.8) is 0 Å². The number of fused-ring (bicyclic) bond motifs is 1. The van der Waals surface area contributed by atoms with Gasteiger partial charge in [0.15, 0.2) is 16.3 Å². The maximum atomic E-state index is 13.9. The van der Waals surface area contributed by atoms with E-state index in [0.29, 0.717) is 44.1 Å². The Labute approximate surface area is 259 Å². The fourth-order valence-electron chi connectivity index (χ4n) is 4.64. The molecule has 1 aromatic heterocycles. The summed E-state index contributed by atoms with van der Waals surface area (Å²) in [6.45, 7) is 5.89. The quantitative estimate of drug-likeness (QED) is 0.146. The molecule has 3 aromatic carbocycles. The molecule has 2 heterocycles. The van der Waals surface area contributed by atoms with E-state index in [9.17, 15) is 14.4 Å². The third-order valence-electron chi connectivity index (χ3n) is 6.49. The van der Waals surface area contributed by atoms with Gasteiger partial charge in [-0.2, -0.15) is 0 Å². The lowest BCUT2D eigenvalue weighted by molar-refractivity contribution is -0.139. The van der Waals surface area contributed by atoms with Gasteiger partial charge >= 0.3 is 11.9 Å². The van der Waals surface area contributed by atoms with Crippen molar-refractivity contribution in [3.05, 3.63) is 124 Å². The van der Waals surface area contributed by atoms with Gasteiger partial charge in [0.2, 0.25) is 0 Å². The molecule has 1 aliphatic rings. The SMILES string of the molecule is CCOC(=O)C1=C(C)N=c2s/c(=C\c3ccc(OC(=O)c4ccccc4I)c(OCC)c3)c(=O)n2C1c1ccccc1. The first-order chi connectivity index (χ1) is 20.3. The summed E-state index contributed by atoms with van der Waals surface area (Å²) in [5.74, 6) is -0.339. The lowest BCUT2D eigenvalue weighted by Gasteiger charge is -2.24. The summed E-state index contributed by atoms with van der Waals surface area (Å²) >= 11 is 3.32. The number of rotatable bonds is 8. The van der Waals surface area contributed by atoms with Crippen molar-refractivity contribution in [1.82, 2.24) is 4.57 Å². The number of esters is 2. The van der Waals surface area contributed by atoms with Gasteiger partial charge in [-0.25, -0.2) is 14.6 Å². The van der Waals surface area contributed by atoms with Gasteiger partial charge in [-0.05, 0) is 84.8 Å². The zero-order chi connectivity index (χ0) is 29.8. The Balaban J connectivity index is 1.56. The molecule has 0 N–H and O–H groups in total. The predicted molar refractivity (Wildman–Crippen MR) is 169 cm³/mol. The second kappa shape index (κ2) is 12.9. The number of thiazole rings is 1. The van der Waals surface area contributed by atoms with Gasteiger partial charge in [0.1, 0.15) is 0 Å². The van der Waals surface area contributed by atoms with Crippen LogP contribution >= 0.6 is 33.9 Å². The highest BCUT2D eigenvalue weighted by atomic mass is 127. The standard InChI is InChI=1S/C32H27IN2O6S/c1-4-39-25-17-20(15-16-24(25)41-30(37)22-13-9-10-14-23(22)33)18-26-29(36)35-28(21-11-7-6-8-12-21)27(31(38)40-5-2)19(3)34-32(35)42-26/h6-18,28H,4-5H2,1-3H3/b26-18-. The Morgan fingerprint density at radius 3 is 2.43 bits per heavy atom. The minimum absolute atomic E-state index is 0.208. The van der Waals surface area contributed by atoms with Gasteiger partial charge in [-0.15, -0.1) is 0 Å². The number of aromatic nitrogens is 1. The Kier molecular flexibility index (Phi) is 9.03. The Morgan fingerprint density at radius 2 is 1.71 bits per heavy atom. The molecule has 0 amide bonds. The van der Waals surface area contributed by atoms with Crippen LogP contribution in [0.3, 0.4) is 0 Å². The minimum Gasteiger partial charge on any atom is -0.490 e. The molecule has 0 aliphatic carbocycles. The zero-order valence-corrected chi connectivity index (χ0v) is 26.1. The van der Waals surface area contributed by atoms with Crippen LogP contribution in [0.1, 0.15) is 48.3 Å². The Bertz CT molecular complexity index is 1880. The number of benzene rings is 3. The normalized spacial score (nSPS) is 14.7. The second-order valence-electron chi connectivity index (χ2n) is 9.22. The molecule has 1 unspecified atom stereocenters. The molecule has 0 saturated carbocycles. The highest BCUT2D eigenvalue weighted by Gasteiger charge is 2.33. The molecule has 42 heavy (non-hydrogen) atoms. The van der Waals surface area contributed by atoms with Crippen LogP contribution < -0.4 is 24.4 Å². The first-order valence-electron chi connectivity index (χ1n) is 13.3. The summed E-state index contributed by atoms with van der Waals surface area (Å²) in [6.07, 6.45) is 1.74. The fourth-order valence-corrected chi connectivity index (χ4v) is 6.30. The highest BCUT2D eigenvalue weighted by molar-refractivity contribution is 14.1. The Hall–Kier alpha value is -4.03. The van der Waals surface area contributed by atoms with Crippen LogP contribution in [-0.2, 0) is 9.53 Å². The van der Waals surface area contributed by atoms with Crippen LogP contribution in [0, 0.1) is 3.57 Å². The number of hydrogen-bond donors (Lipinski definition) is 0. The molecular formula is C32H27IN2O6S. The smallest absolute Gasteiger partial charge is 0.344 e. The summed E-state index contributed by atoms with van der Waals surface area (Å²) in [7, 11) is 0. The van der Waals surface area contributed by atoms with Gasteiger partial charge in [-0.1, -0.05) is 59.9 Å². The molecule has 5 rings (SSSR count). The van der Waals surface area contributed by atoms with Crippen molar-refractivity contribution in [2.24, 2.45) is 4.99 Å². The molecular weight excluding hydrogens is 667 g/mol. The second-order valence-corrected chi connectivity index (χ2v) is 11.4. The third-order valence-corrected chi connectivity index (χ3v) is 8.42. The highest BCUT2D eigenvalue weighted by Crippen LogP contribution is 2.32. The number of hydrogen-bond acceptors (Lipinski definition) is 8. The largest absolute Gasteiger partial charge is 0.490 e. The average molecular weight is 695 g/mol. The third kappa shape index (κ3) is 5.95. The molecule has 1 aliphatic heterocycles. The van der Waals surface area contributed by atoms with Crippen molar-refractivity contribution >= 4 is 51.9 Å². The molecule has 0 radical (unpaired) electrons. The molecule has 8 nitrogen and oxygen atoms in total. The molecule has 0 bridgehead atoms. The number of ether oxygens (including phenoxy) is 3. The van der Waals surface area contributed by atoms with Crippen LogP contribution in [0.2, 0.25) is 0 Å². The molecule has 0 spiro atoms. The molecule has 214 valence electrons. The van der Waals surface area contributed by atoms with E-state index in [1.165, 1.54) is 11.3 Å². The molecule has 1 atom stereocenters. The lowest BCUT2D eigenvalue weighted by atomic mass is 9.96. The van der Waals surface area contributed by atoms with Gasteiger partial charge in [0.05, 0.1) is 40.6 Å². The van der Waals surface area contributed by atoms with E-state index < -0.39 is 18.0 Å². The first-order valence-corrected chi connectivity index (χ1v) is 15.2. The van der Waals surface area contributed by atoms with Crippen LogP contribution in [0.4, 0.5) is 0 Å². The molecule has 4 aromatic rings. The predicted octanol–water partition coefficient (Wildman–Crippen LogP) is 5.02. The van der Waals surface area contributed by atoms with Crippen LogP contribution in [0.5, 0.6) is 11.5 Å². The van der Waals surface area contributed by atoms with E-state index in [2.05, 4.69) is 27.6 Å². The summed E-state index contributed by atoms with van der Waals surface area (Å²) in [5, 5.41) is 0. The van der Waals surface area contributed by atoms with Gasteiger partial charge in [-0.3, -0.25) is 9.36 Å². The monoisotopic (exact) mass is 694 g/mol. The number of carbonyl (C=O) groups excluding carboxylic acids is 2. The number of allylic oxidation sites excluding steroid dienone is 1. The van der Waals surface area contributed by atoms with Crippen LogP contribution in [-0.4, -0.2) is 29.7 Å². The van der Waals surface area contributed by atoms with E-state index in [4.69, 9.17) is 14.2 Å². The van der Waals surface area contributed by atoms with Crippen molar-refractivity contribution in [2.45, 2.75) is 26.8 Å². The fraction of sp³-hybridized carbons (Fsp3) is 0.188. The molecule has 0 saturated heterocycles. The lowest BCUT2D eigenvalue weighted by Crippen LogP contribution is -2.39. The van der Waals surface area contributed by atoms with E-state index in [-0.39, 0.29) is 17.9 Å². The average Bonchev–Trinajstić information content (AvgIpc) is 3.28. The summed E-state index contributed by atoms with van der Waals surface area (Å²) in [6, 6.07) is 21.0. The van der Waals surface area contributed by atoms with Crippen molar-refractivity contribution in [2.75, 3.05) is 13.2 Å². The van der Waals surface area contributed by atoms with Gasteiger partial charge in [0, 0.05) is 3.57 Å². The molecule has 10 heteroatoms. The van der Waals surface area contributed by atoms with Crippen LogP contribution in [0.25, 0.3) is 6.08 Å². The van der Waals surface area contributed by atoms with E-state index in [1.807, 2.05) is 49.4 Å². The van der Waals surface area contributed by atoms with E-state index in [0.717, 1.165) is 9.13 Å². The maximum Gasteiger partial charge on any atom is 0.344 e. The topological polar surface area (TPSA) is 96.2 Å². The zero-order valence-electron chi connectivity index (χ0n) is 23.1. The number of carbonyl (C=O) groups is 2. The van der Waals surface area contributed by atoms with Gasteiger partial charge in [0.25, 0.3) is 5.56 Å². The van der Waals surface area contributed by atoms with E-state index in [1.54, 1.807) is 54.8 Å². The number of nitrogens with zero attached hydrogens (tertiary/aromatic N) is 2. The van der Waals surface area contributed by atoms with Crippen molar-refractivity contribution in [3.8, 4) is 11.5 Å². The summed E-state index contributed by atoms with van der Waals surface area (Å²) in [4.78, 5) is 44.8.